The third kappa shape index (κ3) is 8.56. The maximum atomic E-state index is 11.5. The highest BCUT2D eigenvalue weighted by molar-refractivity contribution is 5.68. The summed E-state index contributed by atoms with van der Waals surface area (Å²) in [6.45, 7) is 10.1. The van der Waals surface area contributed by atoms with Crippen LogP contribution < -0.4 is 5.32 Å². The first kappa shape index (κ1) is 20.0. The van der Waals surface area contributed by atoms with Gasteiger partial charge in [0.25, 0.3) is 0 Å². The van der Waals surface area contributed by atoms with Crippen LogP contribution in [0, 0.1) is 6.92 Å². The molecular formula is C19H30N2O3. The van der Waals surface area contributed by atoms with Crippen LogP contribution in [-0.2, 0) is 16.1 Å². The van der Waals surface area contributed by atoms with Gasteiger partial charge in [0, 0.05) is 19.6 Å². The molecule has 0 unspecified atom stereocenters. The van der Waals surface area contributed by atoms with E-state index in [0.29, 0.717) is 13.0 Å². The zero-order valence-electron chi connectivity index (χ0n) is 15.3. The van der Waals surface area contributed by atoms with Gasteiger partial charge in [0.05, 0.1) is 0 Å². The number of nitrogens with zero attached hydrogens (tertiary/aromatic N) is 1. The molecule has 2 rings (SSSR count). The first-order chi connectivity index (χ1) is 11.3. The lowest BCUT2D eigenvalue weighted by molar-refractivity contribution is -0.109. The number of aryl methyl sites for hydroxylation is 1. The predicted molar refractivity (Wildman–Crippen MR) is 95.7 cm³/mol. The highest BCUT2D eigenvalue weighted by Gasteiger charge is 2.22. The van der Waals surface area contributed by atoms with E-state index in [1.54, 1.807) is 4.90 Å². The smallest absolute Gasteiger partial charge is 0.410 e. The van der Waals surface area contributed by atoms with Gasteiger partial charge in [-0.05, 0) is 52.5 Å². The Balaban J connectivity index is 0.000000243. The number of rotatable bonds is 3. The molecule has 1 saturated heterocycles. The van der Waals surface area contributed by atoms with E-state index in [1.807, 2.05) is 52.0 Å². The molecule has 5 heteroatoms. The van der Waals surface area contributed by atoms with E-state index in [-0.39, 0.29) is 11.7 Å². The number of nitrogens with one attached hydrogen (secondary N) is 1. The van der Waals surface area contributed by atoms with Crippen LogP contribution in [0.15, 0.2) is 24.3 Å². The number of carbonyl (C=O) groups is 2. The molecule has 0 radical (unpaired) electrons. The maximum Gasteiger partial charge on any atom is 0.410 e. The molecule has 1 fully saturated rings. The topological polar surface area (TPSA) is 58.6 Å². The fraction of sp³-hybridized carbons (Fsp3) is 0.579. The van der Waals surface area contributed by atoms with Crippen LogP contribution in [0.1, 0.15) is 51.2 Å². The average molecular weight is 334 g/mol. The number of hydrogen-bond acceptors (Lipinski definition) is 3. The highest BCUT2D eigenvalue weighted by Crippen LogP contribution is 2.14. The molecule has 134 valence electrons. The van der Waals surface area contributed by atoms with Crippen LogP contribution in [0.4, 0.5) is 4.79 Å². The lowest BCUT2D eigenvalue weighted by Gasteiger charge is -2.29. The fourth-order valence-corrected chi connectivity index (χ4v) is 2.27. The van der Waals surface area contributed by atoms with Gasteiger partial charge in [-0.25, -0.2) is 4.79 Å². The largest absolute Gasteiger partial charge is 0.444 e. The molecule has 5 nitrogen and oxygen atoms in total. The number of likely N-dealkylation sites (tertiary alicyclic amines) is 1. The van der Waals surface area contributed by atoms with Gasteiger partial charge in [0.2, 0.25) is 6.41 Å². The molecule has 1 aromatic rings. The van der Waals surface area contributed by atoms with Crippen molar-refractivity contribution in [2.45, 2.75) is 59.1 Å². The monoisotopic (exact) mass is 334 g/mol. The Morgan fingerprint density at radius 1 is 1.17 bits per heavy atom. The van der Waals surface area contributed by atoms with Crippen LogP contribution in [-0.4, -0.2) is 36.1 Å². The lowest BCUT2D eigenvalue weighted by atomic mass is 10.1. The second kappa shape index (κ2) is 9.96. The normalized spacial score (nSPS) is 14.2. The third-order valence-electron chi connectivity index (χ3n) is 3.52. The molecule has 0 saturated carbocycles. The minimum Gasteiger partial charge on any atom is -0.444 e. The summed E-state index contributed by atoms with van der Waals surface area (Å²) in [5.74, 6) is 0. The van der Waals surface area contributed by atoms with Crippen LogP contribution >= 0.6 is 0 Å². The predicted octanol–water partition coefficient (Wildman–Crippen LogP) is 3.65. The Hall–Kier alpha value is -2.04. The van der Waals surface area contributed by atoms with Crippen LogP contribution in [0.2, 0.25) is 0 Å². The van der Waals surface area contributed by atoms with Crippen molar-refractivity contribution >= 4 is 12.5 Å². The molecule has 1 aromatic carbocycles. The molecule has 0 atom stereocenters. The molecule has 24 heavy (non-hydrogen) atoms. The summed E-state index contributed by atoms with van der Waals surface area (Å²) >= 11 is 0. The second-order valence-electron chi connectivity index (χ2n) is 7.01. The summed E-state index contributed by atoms with van der Waals surface area (Å²) in [5.41, 5.74) is 2.00. The van der Waals surface area contributed by atoms with Crippen molar-refractivity contribution in [3.05, 3.63) is 35.4 Å². The number of carbonyl (C=O) groups excluding carboxylic acids is 2. The van der Waals surface area contributed by atoms with Gasteiger partial charge >= 0.3 is 6.09 Å². The van der Waals surface area contributed by atoms with E-state index in [1.165, 1.54) is 12.0 Å². The molecular weight excluding hydrogens is 304 g/mol. The standard InChI is InChI=1S/C10H19NO2.C9H11NO/c1-10(2,3)13-9(12)11-7-5-4-6-8-11;1-8-2-4-9(5-3-8)6-10-7-11/h4-8H2,1-3H3;2-5,7H,6H2,1H3,(H,10,11). The van der Waals surface area contributed by atoms with E-state index >= 15 is 0 Å². The number of amides is 2. The van der Waals surface area contributed by atoms with Crippen molar-refractivity contribution in [2.24, 2.45) is 0 Å². The van der Waals surface area contributed by atoms with E-state index in [0.717, 1.165) is 31.5 Å². The van der Waals surface area contributed by atoms with E-state index in [2.05, 4.69) is 5.32 Å². The van der Waals surface area contributed by atoms with Crippen LogP contribution in [0.25, 0.3) is 0 Å². The van der Waals surface area contributed by atoms with Gasteiger partial charge < -0.3 is 15.0 Å². The summed E-state index contributed by atoms with van der Waals surface area (Å²) in [6.07, 6.45) is 4.00. The van der Waals surface area contributed by atoms with Gasteiger partial charge in [-0.2, -0.15) is 0 Å². The molecule has 1 aliphatic heterocycles. The summed E-state index contributed by atoms with van der Waals surface area (Å²) in [4.78, 5) is 23.3. The Morgan fingerprint density at radius 2 is 1.75 bits per heavy atom. The van der Waals surface area contributed by atoms with Crippen molar-refractivity contribution < 1.29 is 14.3 Å². The van der Waals surface area contributed by atoms with Crippen molar-refractivity contribution in [3.8, 4) is 0 Å². The number of hydrogen-bond donors (Lipinski definition) is 1. The molecule has 1 heterocycles. The van der Waals surface area contributed by atoms with Crippen molar-refractivity contribution in [1.29, 1.82) is 0 Å². The summed E-state index contributed by atoms with van der Waals surface area (Å²) in [5, 5.41) is 2.60. The Labute approximate surface area is 145 Å². The van der Waals surface area contributed by atoms with Crippen molar-refractivity contribution in [3.63, 3.8) is 0 Å². The second-order valence-corrected chi connectivity index (χ2v) is 7.01. The van der Waals surface area contributed by atoms with E-state index in [4.69, 9.17) is 4.74 Å². The SMILES string of the molecule is CC(C)(C)OC(=O)N1CCCCC1.Cc1ccc(CNC=O)cc1. The fourth-order valence-electron chi connectivity index (χ4n) is 2.27. The van der Waals surface area contributed by atoms with Crippen LogP contribution in [0.3, 0.4) is 0 Å². The first-order valence-corrected chi connectivity index (χ1v) is 8.52. The molecule has 1 N–H and O–H groups in total. The minimum absolute atomic E-state index is 0.160. The van der Waals surface area contributed by atoms with Crippen molar-refractivity contribution in [2.75, 3.05) is 13.1 Å². The molecule has 0 aromatic heterocycles. The molecule has 0 bridgehead atoms. The Morgan fingerprint density at radius 3 is 2.25 bits per heavy atom. The summed E-state index contributed by atoms with van der Waals surface area (Å²) in [6, 6.07) is 8.07. The van der Waals surface area contributed by atoms with E-state index < -0.39 is 0 Å². The van der Waals surface area contributed by atoms with Gasteiger partial charge in [0.1, 0.15) is 5.60 Å². The summed E-state index contributed by atoms with van der Waals surface area (Å²) < 4.78 is 5.26. The lowest BCUT2D eigenvalue weighted by Crippen LogP contribution is -2.39. The number of benzene rings is 1. The molecule has 0 aliphatic carbocycles. The molecule has 1 aliphatic rings. The van der Waals surface area contributed by atoms with Gasteiger partial charge in [-0.15, -0.1) is 0 Å². The Kier molecular flexibility index (Phi) is 8.30. The zero-order chi connectivity index (χ0) is 18.0. The first-order valence-electron chi connectivity index (χ1n) is 8.52. The quantitative estimate of drug-likeness (QED) is 0.859. The third-order valence-corrected chi connectivity index (χ3v) is 3.52. The van der Waals surface area contributed by atoms with Gasteiger partial charge in [0.15, 0.2) is 0 Å². The highest BCUT2D eigenvalue weighted by atomic mass is 16.6. The maximum absolute atomic E-state index is 11.5. The van der Waals surface area contributed by atoms with Crippen LogP contribution in [0.5, 0.6) is 0 Å². The summed E-state index contributed by atoms with van der Waals surface area (Å²) in [7, 11) is 0. The number of ether oxygens (including phenoxy) is 1. The molecule has 2 amide bonds. The van der Waals surface area contributed by atoms with E-state index in [9.17, 15) is 9.59 Å². The van der Waals surface area contributed by atoms with Gasteiger partial charge in [-0.1, -0.05) is 29.8 Å². The zero-order valence-corrected chi connectivity index (χ0v) is 15.3. The Bertz CT molecular complexity index is 500. The molecule has 0 spiro atoms. The van der Waals surface area contributed by atoms with Crippen molar-refractivity contribution in [1.82, 2.24) is 10.2 Å². The number of piperidine rings is 1. The average Bonchev–Trinajstić information content (AvgIpc) is 2.54. The van der Waals surface area contributed by atoms with Gasteiger partial charge in [-0.3, -0.25) is 4.79 Å². The minimum atomic E-state index is -0.367.